The molecule has 0 amide bonds. The van der Waals surface area contributed by atoms with Crippen molar-refractivity contribution in [3.8, 4) is 0 Å². The quantitative estimate of drug-likeness (QED) is 0.732. The van der Waals surface area contributed by atoms with Crippen LogP contribution in [0.15, 0.2) is 11.1 Å². The van der Waals surface area contributed by atoms with Crippen molar-refractivity contribution < 1.29 is 9.90 Å². The summed E-state index contributed by atoms with van der Waals surface area (Å²) in [6, 6.07) is 0. The molecule has 4 aliphatic carbocycles. The molecule has 0 unspecified atom stereocenters. The van der Waals surface area contributed by atoms with Gasteiger partial charge >= 0.3 is 0 Å². The molecule has 3 fully saturated rings. The zero-order valence-corrected chi connectivity index (χ0v) is 11.4. The van der Waals surface area contributed by atoms with Gasteiger partial charge in [-0.1, -0.05) is 24.1 Å². The van der Waals surface area contributed by atoms with E-state index in [0.29, 0.717) is 16.7 Å². The fraction of sp³-hybridized carbons (Fsp3) is 0.800. The van der Waals surface area contributed by atoms with Crippen LogP contribution < -0.4 is 0 Å². The average molecular weight is 267 g/mol. The molecule has 0 heterocycles. The molecule has 3 heteroatoms. The molecule has 18 heavy (non-hydrogen) atoms. The van der Waals surface area contributed by atoms with Crippen LogP contribution in [0.2, 0.25) is 0 Å². The Labute approximate surface area is 112 Å². The topological polar surface area (TPSA) is 37.3 Å². The minimum Gasteiger partial charge on any atom is -0.384 e. The standard InChI is InChI=1S/C15H19ClO2/c1-14(18)11(16)7-10-8-3-2-4-9(12(8)17)13(14)15(10)5-6-15/h7-10,13,18H,2-6H2,1H3/t8-,9-,10-,13-,14-/m1/s1. The van der Waals surface area contributed by atoms with Crippen molar-refractivity contribution in [3.63, 3.8) is 0 Å². The second-order valence-corrected chi connectivity index (χ2v) is 7.35. The van der Waals surface area contributed by atoms with E-state index in [4.69, 9.17) is 11.6 Å². The molecule has 2 nitrogen and oxygen atoms in total. The number of halogens is 1. The first-order valence-corrected chi connectivity index (χ1v) is 7.50. The van der Waals surface area contributed by atoms with Crippen LogP contribution in [-0.4, -0.2) is 16.5 Å². The molecule has 1 spiro atoms. The summed E-state index contributed by atoms with van der Waals surface area (Å²) in [5.74, 6) is 1.03. The Hall–Kier alpha value is -0.340. The molecule has 0 aromatic carbocycles. The lowest BCUT2D eigenvalue weighted by molar-refractivity contribution is -0.156. The van der Waals surface area contributed by atoms with Gasteiger partial charge in [-0.15, -0.1) is 0 Å². The molecular formula is C15H19ClO2. The van der Waals surface area contributed by atoms with Crippen LogP contribution in [0.4, 0.5) is 0 Å². The number of fused-ring (bicyclic) bond motifs is 4. The first-order chi connectivity index (χ1) is 8.48. The van der Waals surface area contributed by atoms with Gasteiger partial charge in [0.25, 0.3) is 0 Å². The first kappa shape index (κ1) is 11.5. The number of hydrogen-bond acceptors (Lipinski definition) is 2. The summed E-state index contributed by atoms with van der Waals surface area (Å²) < 4.78 is 0. The monoisotopic (exact) mass is 266 g/mol. The summed E-state index contributed by atoms with van der Waals surface area (Å²) in [6.45, 7) is 1.81. The lowest BCUT2D eigenvalue weighted by Gasteiger charge is -2.56. The van der Waals surface area contributed by atoms with Gasteiger partial charge in [-0.25, -0.2) is 0 Å². The fourth-order valence-electron chi connectivity index (χ4n) is 5.31. The van der Waals surface area contributed by atoms with Gasteiger partial charge in [-0.2, -0.15) is 0 Å². The third kappa shape index (κ3) is 1.13. The lowest BCUT2D eigenvalue weighted by Crippen LogP contribution is -2.60. The smallest absolute Gasteiger partial charge is 0.140 e. The van der Waals surface area contributed by atoms with Crippen molar-refractivity contribution >= 4 is 17.4 Å². The highest BCUT2D eigenvalue weighted by Crippen LogP contribution is 2.72. The molecule has 0 radical (unpaired) electrons. The lowest BCUT2D eigenvalue weighted by atomic mass is 9.48. The van der Waals surface area contributed by atoms with Gasteiger partial charge in [-0.3, -0.25) is 4.79 Å². The predicted octanol–water partition coefficient (Wildman–Crippen LogP) is 2.89. The molecule has 5 atom stereocenters. The largest absolute Gasteiger partial charge is 0.384 e. The van der Waals surface area contributed by atoms with Gasteiger partial charge in [0.05, 0.1) is 0 Å². The van der Waals surface area contributed by atoms with Gasteiger partial charge in [-0.05, 0) is 43.9 Å². The number of hydrogen-bond donors (Lipinski definition) is 1. The zero-order valence-electron chi connectivity index (χ0n) is 10.7. The first-order valence-electron chi connectivity index (χ1n) is 7.12. The van der Waals surface area contributed by atoms with Crippen LogP contribution >= 0.6 is 11.6 Å². The number of carbonyl (C=O) groups is 1. The van der Waals surface area contributed by atoms with Crippen molar-refractivity contribution in [3.05, 3.63) is 11.1 Å². The van der Waals surface area contributed by atoms with E-state index >= 15 is 0 Å². The van der Waals surface area contributed by atoms with E-state index < -0.39 is 5.60 Å². The number of rotatable bonds is 0. The van der Waals surface area contributed by atoms with Crippen molar-refractivity contribution in [1.82, 2.24) is 0 Å². The van der Waals surface area contributed by atoms with E-state index in [2.05, 4.69) is 0 Å². The van der Waals surface area contributed by atoms with E-state index in [-0.39, 0.29) is 23.2 Å². The Morgan fingerprint density at radius 3 is 2.67 bits per heavy atom. The average Bonchev–Trinajstić information content (AvgIpc) is 3.06. The summed E-state index contributed by atoms with van der Waals surface area (Å²) in [7, 11) is 0. The zero-order chi connectivity index (χ0) is 12.7. The maximum atomic E-state index is 12.5. The van der Waals surface area contributed by atoms with Crippen LogP contribution in [0.25, 0.3) is 0 Å². The Bertz CT molecular complexity index is 461. The third-order valence-electron chi connectivity index (χ3n) is 6.12. The second kappa shape index (κ2) is 3.21. The van der Waals surface area contributed by atoms with Gasteiger partial charge in [0.15, 0.2) is 0 Å². The summed E-state index contributed by atoms with van der Waals surface area (Å²) in [5.41, 5.74) is -0.789. The second-order valence-electron chi connectivity index (χ2n) is 6.95. The van der Waals surface area contributed by atoms with Crippen LogP contribution in [0, 0.1) is 29.1 Å². The maximum Gasteiger partial charge on any atom is 0.140 e. The Morgan fingerprint density at radius 1 is 1.33 bits per heavy atom. The number of carbonyl (C=O) groups excluding carboxylic acids is 1. The number of aliphatic hydroxyl groups is 1. The van der Waals surface area contributed by atoms with Crippen molar-refractivity contribution in [1.29, 1.82) is 0 Å². The van der Waals surface area contributed by atoms with E-state index in [1.807, 2.05) is 13.0 Å². The number of allylic oxidation sites excluding steroid dienone is 1. The van der Waals surface area contributed by atoms with E-state index in [1.165, 1.54) is 12.8 Å². The summed E-state index contributed by atoms with van der Waals surface area (Å²) in [5, 5.41) is 11.4. The van der Waals surface area contributed by atoms with Crippen LogP contribution in [0.5, 0.6) is 0 Å². The minimum absolute atomic E-state index is 0.0555. The van der Waals surface area contributed by atoms with Crippen molar-refractivity contribution in [2.45, 2.75) is 44.6 Å². The Morgan fingerprint density at radius 2 is 2.00 bits per heavy atom. The highest BCUT2D eigenvalue weighted by atomic mass is 35.5. The van der Waals surface area contributed by atoms with Crippen LogP contribution in [-0.2, 0) is 4.79 Å². The SMILES string of the molecule is C[C@@]1(O)C(Cl)=C[C@@H]2[C@H]3CCC[C@H](C3=O)[C@H]1C21CC1. The molecule has 4 bridgehead atoms. The number of Topliss-reactive ketones (excluding diaryl/α,β-unsaturated/α-hetero) is 1. The molecule has 0 aromatic rings. The van der Waals surface area contributed by atoms with Crippen molar-refractivity contribution in [2.24, 2.45) is 29.1 Å². The summed E-state index contributed by atoms with van der Waals surface area (Å²) in [6.07, 6.45) is 7.46. The minimum atomic E-state index is -0.989. The highest BCUT2D eigenvalue weighted by Gasteiger charge is 2.70. The molecule has 0 aromatic heterocycles. The summed E-state index contributed by atoms with van der Waals surface area (Å²) >= 11 is 6.32. The van der Waals surface area contributed by atoms with Gasteiger partial charge in [0, 0.05) is 22.8 Å². The van der Waals surface area contributed by atoms with Crippen molar-refractivity contribution in [2.75, 3.05) is 0 Å². The van der Waals surface area contributed by atoms with Gasteiger partial charge in [0.2, 0.25) is 0 Å². The Kier molecular flexibility index (Phi) is 2.05. The molecule has 4 rings (SSSR count). The highest BCUT2D eigenvalue weighted by molar-refractivity contribution is 6.30. The van der Waals surface area contributed by atoms with E-state index in [9.17, 15) is 9.90 Å². The predicted molar refractivity (Wildman–Crippen MR) is 69.0 cm³/mol. The third-order valence-corrected chi connectivity index (χ3v) is 6.63. The molecular weight excluding hydrogens is 248 g/mol. The molecule has 3 saturated carbocycles. The van der Waals surface area contributed by atoms with Crippen LogP contribution in [0.3, 0.4) is 0 Å². The molecule has 1 N–H and O–H groups in total. The fourth-order valence-corrected chi connectivity index (χ4v) is 5.56. The molecule has 0 saturated heterocycles. The molecule has 4 aliphatic rings. The van der Waals surface area contributed by atoms with E-state index in [0.717, 1.165) is 19.3 Å². The normalized spacial score (nSPS) is 52.2. The molecule has 0 aliphatic heterocycles. The van der Waals surface area contributed by atoms with E-state index in [1.54, 1.807) is 0 Å². The van der Waals surface area contributed by atoms with Gasteiger partial charge in [0.1, 0.15) is 11.4 Å². The molecule has 98 valence electrons. The van der Waals surface area contributed by atoms with Crippen LogP contribution in [0.1, 0.15) is 39.0 Å². The Balaban J connectivity index is 1.93. The van der Waals surface area contributed by atoms with Gasteiger partial charge < -0.3 is 5.11 Å². The maximum absolute atomic E-state index is 12.5. The number of ketones is 1. The summed E-state index contributed by atoms with van der Waals surface area (Å²) in [4.78, 5) is 12.5.